The van der Waals surface area contributed by atoms with Gasteiger partial charge >= 0.3 is 5.97 Å². The molecule has 0 spiro atoms. The van der Waals surface area contributed by atoms with Gasteiger partial charge in [-0.2, -0.15) is 0 Å². The molecule has 0 aromatic rings. The maximum absolute atomic E-state index is 10.8. The van der Waals surface area contributed by atoms with Crippen molar-refractivity contribution in [2.24, 2.45) is 0 Å². The summed E-state index contributed by atoms with van der Waals surface area (Å²) in [5, 5.41) is 9.38. The molecule has 0 heterocycles. The molecular weight excluding hydrogens is 158 g/mol. The van der Waals surface area contributed by atoms with Gasteiger partial charge in [-0.3, -0.25) is 9.69 Å². The zero-order valence-corrected chi connectivity index (χ0v) is 8.13. The molecule has 0 aliphatic carbocycles. The van der Waals surface area contributed by atoms with Crippen molar-refractivity contribution < 1.29 is 14.6 Å². The van der Waals surface area contributed by atoms with Crippen LogP contribution >= 0.6 is 0 Å². The van der Waals surface area contributed by atoms with Gasteiger partial charge in [0.25, 0.3) is 0 Å². The zero-order valence-electron chi connectivity index (χ0n) is 8.13. The number of carbonyl (C=O) groups excluding carboxylic acids is 1. The van der Waals surface area contributed by atoms with Gasteiger partial charge in [0.15, 0.2) is 0 Å². The van der Waals surface area contributed by atoms with Crippen molar-refractivity contribution in [3.63, 3.8) is 0 Å². The lowest BCUT2D eigenvalue weighted by Crippen LogP contribution is -2.39. The molecule has 0 atom stereocenters. The summed E-state index contributed by atoms with van der Waals surface area (Å²) in [6.45, 7) is 4.05. The van der Waals surface area contributed by atoms with Crippen molar-refractivity contribution >= 4 is 5.97 Å². The molecular formula is C8H17NO3. The summed E-state index contributed by atoms with van der Waals surface area (Å²) in [5.41, 5.74) is -0.775. The van der Waals surface area contributed by atoms with E-state index in [9.17, 15) is 9.90 Å². The van der Waals surface area contributed by atoms with E-state index in [1.807, 2.05) is 0 Å². The van der Waals surface area contributed by atoms with Crippen molar-refractivity contribution in [1.82, 2.24) is 4.90 Å². The van der Waals surface area contributed by atoms with E-state index in [1.165, 1.54) is 7.11 Å². The number of nitrogens with zero attached hydrogens (tertiary/aromatic N) is 1. The van der Waals surface area contributed by atoms with Crippen molar-refractivity contribution in [3.8, 4) is 0 Å². The third-order valence-corrected chi connectivity index (χ3v) is 1.28. The van der Waals surface area contributed by atoms with Gasteiger partial charge in [-0.25, -0.2) is 0 Å². The van der Waals surface area contributed by atoms with Gasteiger partial charge in [0.1, 0.15) is 0 Å². The Morgan fingerprint density at radius 1 is 1.58 bits per heavy atom. The first-order valence-electron chi connectivity index (χ1n) is 3.83. The lowest BCUT2D eigenvalue weighted by molar-refractivity contribution is -0.142. The Morgan fingerprint density at radius 2 is 2.08 bits per heavy atom. The minimum atomic E-state index is -0.775. The quantitative estimate of drug-likeness (QED) is 0.604. The number of rotatable bonds is 4. The second kappa shape index (κ2) is 4.42. The molecule has 0 saturated carbocycles. The summed E-state index contributed by atoms with van der Waals surface area (Å²) in [5.74, 6) is -0.290. The first kappa shape index (κ1) is 11.4. The molecule has 4 heteroatoms. The molecule has 0 aliphatic rings. The highest BCUT2D eigenvalue weighted by Gasteiger charge is 2.17. The second-order valence-corrected chi connectivity index (χ2v) is 3.56. The second-order valence-electron chi connectivity index (χ2n) is 3.56. The predicted octanol–water partition coefficient (Wildman–Crippen LogP) is -0.138. The first-order valence-corrected chi connectivity index (χ1v) is 3.83. The molecule has 12 heavy (non-hydrogen) atoms. The molecule has 0 radical (unpaired) electrons. The Labute approximate surface area is 73.1 Å². The monoisotopic (exact) mass is 175 g/mol. The van der Waals surface area contributed by atoms with E-state index in [2.05, 4.69) is 4.74 Å². The molecule has 0 rings (SSSR count). The SMILES string of the molecule is COC(=O)CN(C)CC(C)(C)O. The van der Waals surface area contributed by atoms with E-state index in [0.29, 0.717) is 6.54 Å². The molecule has 0 aromatic heterocycles. The fraction of sp³-hybridized carbons (Fsp3) is 0.875. The van der Waals surface area contributed by atoms with Crippen LogP contribution in [0.2, 0.25) is 0 Å². The Balaban J connectivity index is 3.74. The molecule has 0 amide bonds. The summed E-state index contributed by atoms with van der Waals surface area (Å²) < 4.78 is 4.47. The van der Waals surface area contributed by atoms with Crippen molar-refractivity contribution in [3.05, 3.63) is 0 Å². The van der Waals surface area contributed by atoms with Gasteiger partial charge in [-0.15, -0.1) is 0 Å². The number of likely N-dealkylation sites (N-methyl/N-ethyl adjacent to an activating group) is 1. The van der Waals surface area contributed by atoms with Gasteiger partial charge in [-0.1, -0.05) is 0 Å². The van der Waals surface area contributed by atoms with Gasteiger partial charge < -0.3 is 9.84 Å². The lowest BCUT2D eigenvalue weighted by Gasteiger charge is -2.24. The summed E-state index contributed by atoms with van der Waals surface area (Å²) in [4.78, 5) is 12.5. The highest BCUT2D eigenvalue weighted by molar-refractivity contribution is 5.71. The van der Waals surface area contributed by atoms with Gasteiger partial charge in [0.05, 0.1) is 19.3 Å². The number of esters is 1. The topological polar surface area (TPSA) is 49.8 Å². The number of aliphatic hydroxyl groups is 1. The van der Waals surface area contributed by atoms with E-state index >= 15 is 0 Å². The van der Waals surface area contributed by atoms with Crippen molar-refractivity contribution in [1.29, 1.82) is 0 Å². The summed E-state index contributed by atoms with van der Waals surface area (Å²) in [6.07, 6.45) is 0. The van der Waals surface area contributed by atoms with Gasteiger partial charge in [0, 0.05) is 6.54 Å². The number of methoxy groups -OCH3 is 1. The third kappa shape index (κ3) is 6.12. The fourth-order valence-electron chi connectivity index (χ4n) is 1.00. The molecule has 1 N–H and O–H groups in total. The standard InChI is InChI=1S/C8H17NO3/c1-8(2,11)6-9(3)5-7(10)12-4/h11H,5-6H2,1-4H3. The summed E-state index contributed by atoms with van der Waals surface area (Å²) >= 11 is 0. The molecule has 0 fully saturated rings. The van der Waals surface area contributed by atoms with Crippen LogP contribution in [0.15, 0.2) is 0 Å². The Morgan fingerprint density at radius 3 is 2.42 bits per heavy atom. The van der Waals surface area contributed by atoms with Crippen LogP contribution in [0, 0.1) is 0 Å². The summed E-state index contributed by atoms with van der Waals surface area (Å²) in [6, 6.07) is 0. The van der Waals surface area contributed by atoms with E-state index in [1.54, 1.807) is 25.8 Å². The van der Waals surface area contributed by atoms with Crippen LogP contribution < -0.4 is 0 Å². The molecule has 0 unspecified atom stereocenters. The zero-order chi connectivity index (χ0) is 9.78. The minimum absolute atomic E-state index is 0.209. The number of hydrogen-bond acceptors (Lipinski definition) is 4. The van der Waals surface area contributed by atoms with Crippen LogP contribution in [0.5, 0.6) is 0 Å². The lowest BCUT2D eigenvalue weighted by atomic mass is 10.1. The van der Waals surface area contributed by atoms with E-state index < -0.39 is 5.60 Å². The smallest absolute Gasteiger partial charge is 0.319 e. The van der Waals surface area contributed by atoms with E-state index in [0.717, 1.165) is 0 Å². The number of hydrogen-bond donors (Lipinski definition) is 1. The molecule has 0 aliphatic heterocycles. The summed E-state index contributed by atoms with van der Waals surface area (Å²) in [7, 11) is 3.11. The predicted molar refractivity (Wildman–Crippen MR) is 45.8 cm³/mol. The van der Waals surface area contributed by atoms with E-state index in [4.69, 9.17) is 0 Å². The van der Waals surface area contributed by atoms with Crippen LogP contribution in [0.3, 0.4) is 0 Å². The fourth-order valence-corrected chi connectivity index (χ4v) is 1.00. The minimum Gasteiger partial charge on any atom is -0.468 e. The number of ether oxygens (including phenoxy) is 1. The highest BCUT2D eigenvalue weighted by Crippen LogP contribution is 2.02. The molecule has 4 nitrogen and oxygen atoms in total. The molecule has 0 saturated heterocycles. The third-order valence-electron chi connectivity index (χ3n) is 1.28. The van der Waals surface area contributed by atoms with Gasteiger partial charge in [-0.05, 0) is 20.9 Å². The van der Waals surface area contributed by atoms with Crippen LogP contribution in [-0.2, 0) is 9.53 Å². The number of carbonyl (C=O) groups is 1. The van der Waals surface area contributed by atoms with Crippen LogP contribution in [0.25, 0.3) is 0 Å². The first-order chi connectivity index (χ1) is 5.35. The average Bonchev–Trinajstić information content (AvgIpc) is 1.82. The molecule has 0 aromatic carbocycles. The Hall–Kier alpha value is -0.610. The van der Waals surface area contributed by atoms with Crippen molar-refractivity contribution in [2.75, 3.05) is 27.2 Å². The highest BCUT2D eigenvalue weighted by atomic mass is 16.5. The van der Waals surface area contributed by atoms with Gasteiger partial charge in [0.2, 0.25) is 0 Å². The molecule has 72 valence electrons. The van der Waals surface area contributed by atoms with Crippen LogP contribution in [0.1, 0.15) is 13.8 Å². The average molecular weight is 175 g/mol. The van der Waals surface area contributed by atoms with Crippen LogP contribution in [0.4, 0.5) is 0 Å². The van der Waals surface area contributed by atoms with Crippen LogP contribution in [-0.4, -0.2) is 48.8 Å². The molecule has 0 bridgehead atoms. The van der Waals surface area contributed by atoms with Crippen molar-refractivity contribution in [2.45, 2.75) is 19.4 Å². The largest absolute Gasteiger partial charge is 0.468 e. The normalized spacial score (nSPS) is 11.8. The maximum Gasteiger partial charge on any atom is 0.319 e. The Bertz CT molecular complexity index is 151. The Kier molecular flexibility index (Phi) is 4.20. The maximum atomic E-state index is 10.8. The van der Waals surface area contributed by atoms with E-state index in [-0.39, 0.29) is 12.5 Å².